The van der Waals surface area contributed by atoms with Gasteiger partial charge >= 0.3 is 10.2 Å². The molecule has 0 aliphatic carbocycles. The fraction of sp³-hybridized carbons (Fsp3) is 0.333. The van der Waals surface area contributed by atoms with E-state index in [1.807, 2.05) is 0 Å². The highest BCUT2D eigenvalue weighted by atomic mass is 32.5. The van der Waals surface area contributed by atoms with Gasteiger partial charge in [-0.05, 0) is 6.92 Å². The van der Waals surface area contributed by atoms with Crippen molar-refractivity contribution in [2.45, 2.75) is 6.92 Å². The molecule has 0 N–H and O–H groups in total. The Morgan fingerprint density at radius 1 is 1.00 bits per heavy atom. The molecule has 0 fully saturated rings. The summed E-state index contributed by atoms with van der Waals surface area (Å²) in [7, 11) is -9.21. The molecule has 0 saturated heterocycles. The largest absolute Gasteiger partial charge is 0.304 e. The van der Waals surface area contributed by atoms with Crippen LogP contribution in [0, 0.1) is 0 Å². The summed E-state index contributed by atoms with van der Waals surface area (Å²) in [5.74, 6) is 0. The maximum Gasteiger partial charge on any atom is 0.304 e. The SMILES string of the molecule is C/C=C/S(F)(F)(F)(F)F. The van der Waals surface area contributed by atoms with Crippen LogP contribution in [0.25, 0.3) is 0 Å². The maximum absolute atomic E-state index is 11.1. The van der Waals surface area contributed by atoms with Crippen LogP contribution in [0.2, 0.25) is 0 Å². The molecule has 0 aromatic heterocycles. The van der Waals surface area contributed by atoms with E-state index in [0.717, 1.165) is 6.92 Å². The van der Waals surface area contributed by atoms with Crippen LogP contribution >= 0.6 is 10.2 Å². The molecule has 0 heterocycles. The number of hydrogen-bond acceptors (Lipinski definition) is 0. The van der Waals surface area contributed by atoms with E-state index in [4.69, 9.17) is 0 Å². The van der Waals surface area contributed by atoms with Crippen LogP contribution in [0.4, 0.5) is 19.4 Å². The predicted molar refractivity (Wildman–Crippen MR) is 27.9 cm³/mol. The van der Waals surface area contributed by atoms with E-state index < -0.39 is 15.6 Å². The molecule has 0 amide bonds. The summed E-state index contributed by atoms with van der Waals surface area (Å²) in [6.45, 7) is 0.887. The molecule has 58 valence electrons. The van der Waals surface area contributed by atoms with Gasteiger partial charge in [0, 0.05) is 0 Å². The van der Waals surface area contributed by atoms with E-state index >= 15 is 0 Å². The zero-order valence-electron chi connectivity index (χ0n) is 4.45. The monoisotopic (exact) mass is 168 g/mol. The van der Waals surface area contributed by atoms with Gasteiger partial charge in [-0.3, -0.25) is 0 Å². The molecule has 0 nitrogen and oxygen atoms in total. The average Bonchev–Trinajstić information content (AvgIpc) is 1.22. The molecule has 0 aliphatic rings. The van der Waals surface area contributed by atoms with E-state index in [9.17, 15) is 19.4 Å². The fourth-order valence-corrected chi connectivity index (χ4v) is 0.772. The van der Waals surface area contributed by atoms with Crippen LogP contribution in [0.1, 0.15) is 6.92 Å². The molecule has 0 spiro atoms. The van der Waals surface area contributed by atoms with Crippen LogP contribution in [0.3, 0.4) is 0 Å². The van der Waals surface area contributed by atoms with Gasteiger partial charge in [-0.1, -0.05) is 25.5 Å². The first kappa shape index (κ1) is 8.74. The van der Waals surface area contributed by atoms with Crippen molar-refractivity contribution in [2.24, 2.45) is 0 Å². The summed E-state index contributed by atoms with van der Waals surface area (Å²) in [4.78, 5) is 0. The van der Waals surface area contributed by atoms with Gasteiger partial charge in [-0.2, -0.15) is 0 Å². The zero-order chi connectivity index (χ0) is 7.82. The Hall–Kier alpha value is -0.260. The summed E-state index contributed by atoms with van der Waals surface area (Å²) in [5, 5.41) is -0.986. The van der Waals surface area contributed by atoms with Gasteiger partial charge in [0.1, 0.15) is 0 Å². The molecule has 0 rings (SSSR count). The minimum atomic E-state index is -9.21. The highest BCUT2D eigenvalue weighted by molar-refractivity contribution is 8.48. The van der Waals surface area contributed by atoms with Gasteiger partial charge in [0.25, 0.3) is 0 Å². The number of allylic oxidation sites excluding steroid dienone is 1. The Bertz CT molecular complexity index is 136. The van der Waals surface area contributed by atoms with Crippen molar-refractivity contribution in [1.29, 1.82) is 0 Å². The molecule has 0 aliphatic heterocycles. The van der Waals surface area contributed by atoms with E-state index in [0.29, 0.717) is 0 Å². The first-order chi connectivity index (χ1) is 3.54. The second-order valence-electron chi connectivity index (χ2n) is 1.50. The van der Waals surface area contributed by atoms with Gasteiger partial charge in [-0.15, -0.1) is 0 Å². The average molecular weight is 168 g/mol. The van der Waals surface area contributed by atoms with Crippen molar-refractivity contribution < 1.29 is 19.4 Å². The molecule has 0 bridgehead atoms. The lowest BCUT2D eigenvalue weighted by atomic mass is 10.8. The van der Waals surface area contributed by atoms with Crippen molar-refractivity contribution in [3.63, 3.8) is 0 Å². The lowest BCUT2D eigenvalue weighted by Crippen LogP contribution is -1.98. The van der Waals surface area contributed by atoms with Gasteiger partial charge in [0.05, 0.1) is 5.41 Å². The van der Waals surface area contributed by atoms with E-state index in [-0.39, 0.29) is 6.08 Å². The van der Waals surface area contributed by atoms with Gasteiger partial charge in [0.15, 0.2) is 0 Å². The summed E-state index contributed by atoms with van der Waals surface area (Å²) >= 11 is 0. The molecule has 0 saturated carbocycles. The molecule has 0 aromatic carbocycles. The smallest absolute Gasteiger partial charge is 0.0942 e. The van der Waals surface area contributed by atoms with Crippen LogP contribution in [-0.4, -0.2) is 0 Å². The standard InChI is InChI=1S/C3H5F5S/c1-2-3-9(4,5,6,7)8/h2-3H,1H3/b3-2+. The highest BCUT2D eigenvalue weighted by Gasteiger charge is 2.60. The number of halogens is 5. The van der Waals surface area contributed by atoms with E-state index in [2.05, 4.69) is 0 Å². The third kappa shape index (κ3) is 7.74. The Balaban J connectivity index is 4.76. The minimum Gasteiger partial charge on any atom is -0.0942 e. The Morgan fingerprint density at radius 3 is 1.33 bits per heavy atom. The lowest BCUT2D eigenvalue weighted by Gasteiger charge is -2.36. The maximum atomic E-state index is 11.1. The number of hydrogen-bond donors (Lipinski definition) is 0. The second-order valence-corrected chi connectivity index (χ2v) is 3.83. The van der Waals surface area contributed by atoms with Crippen molar-refractivity contribution in [1.82, 2.24) is 0 Å². The first-order valence-corrected chi connectivity index (χ1v) is 3.93. The van der Waals surface area contributed by atoms with E-state index in [1.165, 1.54) is 0 Å². The Labute approximate surface area is 49.1 Å². The minimum absolute atomic E-state index is 0.279. The normalized spacial score (nSPS) is 21.6. The van der Waals surface area contributed by atoms with Crippen molar-refractivity contribution in [3.8, 4) is 0 Å². The quantitative estimate of drug-likeness (QED) is 0.522. The summed E-state index contributed by atoms with van der Waals surface area (Å²) < 4.78 is 55.6. The molecule has 0 radical (unpaired) electrons. The Morgan fingerprint density at radius 2 is 1.33 bits per heavy atom. The predicted octanol–water partition coefficient (Wildman–Crippen LogP) is 3.82. The Kier molecular flexibility index (Phi) is 1.22. The van der Waals surface area contributed by atoms with Gasteiger partial charge in [-0.25, -0.2) is 0 Å². The van der Waals surface area contributed by atoms with Gasteiger partial charge in [0.2, 0.25) is 0 Å². The molecule has 6 heteroatoms. The van der Waals surface area contributed by atoms with Crippen LogP contribution < -0.4 is 0 Å². The lowest BCUT2D eigenvalue weighted by molar-refractivity contribution is 0.384. The topological polar surface area (TPSA) is 0 Å². The van der Waals surface area contributed by atoms with Crippen molar-refractivity contribution in [3.05, 3.63) is 11.5 Å². The zero-order valence-corrected chi connectivity index (χ0v) is 5.27. The third-order valence-electron chi connectivity index (χ3n) is 0.393. The summed E-state index contributed by atoms with van der Waals surface area (Å²) in [6, 6.07) is 0. The fourth-order valence-electron chi connectivity index (χ4n) is 0.257. The van der Waals surface area contributed by atoms with Crippen molar-refractivity contribution in [2.75, 3.05) is 0 Å². The van der Waals surface area contributed by atoms with Crippen molar-refractivity contribution >= 4 is 10.2 Å². The summed E-state index contributed by atoms with van der Waals surface area (Å²) in [5.41, 5.74) is 0. The molecule has 0 unspecified atom stereocenters. The second kappa shape index (κ2) is 1.25. The molecular formula is C3H5F5S. The van der Waals surface area contributed by atoms with Crippen LogP contribution in [-0.2, 0) is 0 Å². The van der Waals surface area contributed by atoms with Gasteiger partial charge < -0.3 is 0 Å². The first-order valence-electron chi connectivity index (χ1n) is 1.92. The van der Waals surface area contributed by atoms with Crippen LogP contribution in [0.15, 0.2) is 11.5 Å². The molecule has 0 atom stereocenters. The van der Waals surface area contributed by atoms with E-state index in [1.54, 1.807) is 0 Å². The highest BCUT2D eigenvalue weighted by Crippen LogP contribution is 2.98. The summed E-state index contributed by atoms with van der Waals surface area (Å²) in [6.07, 6.45) is 0.279. The van der Waals surface area contributed by atoms with Crippen LogP contribution in [0.5, 0.6) is 0 Å². The molecular weight excluding hydrogens is 163 g/mol. The molecule has 0 aromatic rings. The molecule has 9 heavy (non-hydrogen) atoms. The number of rotatable bonds is 1. The third-order valence-corrected chi connectivity index (χ3v) is 1.18.